The van der Waals surface area contributed by atoms with Gasteiger partial charge >= 0.3 is 5.97 Å². The minimum Gasteiger partial charge on any atom is -0.478 e. The number of nitrogens with zero attached hydrogens (tertiary/aromatic N) is 1. The minimum atomic E-state index is -1.69. The highest BCUT2D eigenvalue weighted by Gasteiger charge is 2.38. The summed E-state index contributed by atoms with van der Waals surface area (Å²) in [5, 5.41) is 18.5. The van der Waals surface area contributed by atoms with Crippen LogP contribution >= 0.6 is 0 Å². The summed E-state index contributed by atoms with van der Waals surface area (Å²) >= 11 is 0. The number of rotatable bonds is 5. The molecule has 0 rings (SSSR count). The summed E-state index contributed by atoms with van der Waals surface area (Å²) in [6.07, 6.45) is 0.198. The highest BCUT2D eigenvalue weighted by Crippen LogP contribution is 2.15. The first-order valence-corrected chi connectivity index (χ1v) is 4.23. The molecule has 0 fully saturated rings. The van der Waals surface area contributed by atoms with Crippen molar-refractivity contribution in [1.29, 1.82) is 0 Å². The number of carbonyl (C=O) groups is 1. The smallest absolute Gasteiger partial charge is 0.351 e. The first kappa shape index (κ1) is 11.4. The van der Waals surface area contributed by atoms with Crippen LogP contribution in [0.15, 0.2) is 0 Å². The van der Waals surface area contributed by atoms with Gasteiger partial charge in [0.15, 0.2) is 0 Å². The number of carboxylic acid groups (broad SMARTS) is 1. The third-order valence-electron chi connectivity index (χ3n) is 2.12. The fourth-order valence-corrected chi connectivity index (χ4v) is 1.26. The quantitative estimate of drug-likeness (QED) is 0.598. The van der Waals surface area contributed by atoms with Crippen LogP contribution < -0.4 is 0 Å². The average molecular weight is 175 g/mol. The Bertz CT molecular complexity index is 156. The Labute approximate surface area is 72.8 Å². The van der Waals surface area contributed by atoms with Crippen molar-refractivity contribution in [1.82, 2.24) is 4.90 Å². The number of aliphatic hydroxyl groups is 1. The first-order chi connectivity index (χ1) is 5.52. The molecular weight excluding hydrogens is 158 g/mol. The summed E-state index contributed by atoms with van der Waals surface area (Å²) in [5.41, 5.74) is -1.69. The lowest BCUT2D eigenvalue weighted by atomic mass is 10.1. The van der Waals surface area contributed by atoms with E-state index in [1.165, 1.54) is 4.90 Å². The Kier molecular flexibility index (Phi) is 4.20. The van der Waals surface area contributed by atoms with E-state index in [0.29, 0.717) is 13.1 Å². The van der Waals surface area contributed by atoms with Gasteiger partial charge in [0.2, 0.25) is 5.72 Å². The first-order valence-electron chi connectivity index (χ1n) is 4.23. The highest BCUT2D eigenvalue weighted by molar-refractivity contribution is 5.76. The predicted molar refractivity (Wildman–Crippen MR) is 45.8 cm³/mol. The molecule has 1 atom stereocenters. The predicted octanol–water partition coefficient (Wildman–Crippen LogP) is 0.511. The van der Waals surface area contributed by atoms with Gasteiger partial charge in [-0.15, -0.1) is 0 Å². The van der Waals surface area contributed by atoms with E-state index >= 15 is 0 Å². The summed E-state index contributed by atoms with van der Waals surface area (Å²) < 4.78 is 0. The van der Waals surface area contributed by atoms with Crippen LogP contribution in [0.3, 0.4) is 0 Å². The number of hydrogen-bond donors (Lipinski definition) is 2. The van der Waals surface area contributed by atoms with Crippen LogP contribution in [0.4, 0.5) is 0 Å². The van der Waals surface area contributed by atoms with Gasteiger partial charge in [-0.25, -0.2) is 4.79 Å². The largest absolute Gasteiger partial charge is 0.478 e. The van der Waals surface area contributed by atoms with Gasteiger partial charge in [0, 0.05) is 0 Å². The minimum absolute atomic E-state index is 0.198. The molecule has 0 aliphatic heterocycles. The second-order valence-corrected chi connectivity index (χ2v) is 2.65. The van der Waals surface area contributed by atoms with Gasteiger partial charge in [-0.2, -0.15) is 0 Å². The molecule has 0 amide bonds. The molecule has 0 aromatic carbocycles. The van der Waals surface area contributed by atoms with Crippen molar-refractivity contribution in [2.45, 2.75) is 32.9 Å². The maximum Gasteiger partial charge on any atom is 0.351 e. The number of likely N-dealkylation sites (N-methyl/N-ethyl adjacent to an activating group) is 1. The molecule has 0 aromatic heterocycles. The molecule has 0 saturated heterocycles. The Hall–Kier alpha value is -0.610. The maximum absolute atomic E-state index is 10.7. The molecule has 0 aliphatic carbocycles. The second-order valence-electron chi connectivity index (χ2n) is 2.65. The van der Waals surface area contributed by atoms with Gasteiger partial charge in [-0.3, -0.25) is 4.90 Å². The van der Waals surface area contributed by atoms with Crippen LogP contribution in [-0.2, 0) is 4.79 Å². The van der Waals surface area contributed by atoms with E-state index in [1.807, 2.05) is 13.8 Å². The van der Waals surface area contributed by atoms with Crippen molar-refractivity contribution in [3.05, 3.63) is 0 Å². The van der Waals surface area contributed by atoms with E-state index in [-0.39, 0.29) is 6.42 Å². The molecule has 2 N–H and O–H groups in total. The summed E-state index contributed by atoms with van der Waals surface area (Å²) in [6.45, 7) is 6.38. The lowest BCUT2D eigenvalue weighted by Crippen LogP contribution is -2.54. The van der Waals surface area contributed by atoms with E-state index in [2.05, 4.69) is 0 Å². The molecular formula is C8H17NO3. The molecule has 4 heteroatoms. The average Bonchev–Trinajstić information content (AvgIpc) is 2.05. The maximum atomic E-state index is 10.7. The van der Waals surface area contributed by atoms with Crippen LogP contribution in [0.1, 0.15) is 27.2 Å². The second kappa shape index (κ2) is 4.42. The number of hydrogen-bond acceptors (Lipinski definition) is 3. The van der Waals surface area contributed by atoms with Crippen LogP contribution in [-0.4, -0.2) is 39.9 Å². The summed E-state index contributed by atoms with van der Waals surface area (Å²) in [5.74, 6) is -1.17. The highest BCUT2D eigenvalue weighted by atomic mass is 16.4. The normalized spacial score (nSPS) is 16.1. The Balaban J connectivity index is 4.58. The van der Waals surface area contributed by atoms with Crippen LogP contribution in [0.25, 0.3) is 0 Å². The summed E-state index contributed by atoms with van der Waals surface area (Å²) in [4.78, 5) is 12.2. The molecule has 0 aromatic rings. The van der Waals surface area contributed by atoms with Crippen molar-refractivity contribution in [3.63, 3.8) is 0 Å². The van der Waals surface area contributed by atoms with E-state index in [4.69, 9.17) is 5.11 Å². The van der Waals surface area contributed by atoms with Gasteiger partial charge in [0.1, 0.15) is 0 Å². The zero-order valence-corrected chi connectivity index (χ0v) is 7.87. The lowest BCUT2D eigenvalue weighted by Gasteiger charge is -2.33. The van der Waals surface area contributed by atoms with E-state index in [0.717, 1.165) is 0 Å². The zero-order valence-electron chi connectivity index (χ0n) is 7.87. The van der Waals surface area contributed by atoms with Gasteiger partial charge < -0.3 is 10.2 Å². The molecule has 0 heterocycles. The fraction of sp³-hybridized carbons (Fsp3) is 0.875. The number of carboxylic acids is 1. The monoisotopic (exact) mass is 175 g/mol. The molecule has 0 spiro atoms. The molecule has 0 saturated carbocycles. The molecule has 4 nitrogen and oxygen atoms in total. The van der Waals surface area contributed by atoms with Gasteiger partial charge in [-0.1, -0.05) is 20.8 Å². The van der Waals surface area contributed by atoms with Crippen LogP contribution in [0.5, 0.6) is 0 Å². The zero-order chi connectivity index (χ0) is 9.78. The summed E-state index contributed by atoms with van der Waals surface area (Å²) in [7, 11) is 0. The molecule has 0 bridgehead atoms. The third kappa shape index (κ3) is 1.95. The van der Waals surface area contributed by atoms with Crippen LogP contribution in [0, 0.1) is 0 Å². The van der Waals surface area contributed by atoms with Crippen molar-refractivity contribution in [2.75, 3.05) is 13.1 Å². The van der Waals surface area contributed by atoms with Crippen molar-refractivity contribution in [2.24, 2.45) is 0 Å². The SMILES string of the molecule is CCN(CC)C(O)(CC)C(=O)O. The van der Waals surface area contributed by atoms with E-state index in [1.54, 1.807) is 6.92 Å². The van der Waals surface area contributed by atoms with Crippen molar-refractivity contribution in [3.8, 4) is 0 Å². The van der Waals surface area contributed by atoms with Gasteiger partial charge in [0.25, 0.3) is 0 Å². The summed E-state index contributed by atoms with van der Waals surface area (Å²) in [6, 6.07) is 0. The molecule has 12 heavy (non-hydrogen) atoms. The van der Waals surface area contributed by atoms with Crippen molar-refractivity contribution < 1.29 is 15.0 Å². The number of aliphatic carboxylic acids is 1. The van der Waals surface area contributed by atoms with Gasteiger partial charge in [0.05, 0.1) is 0 Å². The Morgan fingerprint density at radius 3 is 1.83 bits per heavy atom. The molecule has 1 unspecified atom stereocenters. The van der Waals surface area contributed by atoms with Gasteiger partial charge in [-0.05, 0) is 19.5 Å². The topological polar surface area (TPSA) is 60.8 Å². The Morgan fingerprint density at radius 2 is 1.75 bits per heavy atom. The van der Waals surface area contributed by atoms with Crippen molar-refractivity contribution >= 4 is 5.97 Å². The van der Waals surface area contributed by atoms with E-state index < -0.39 is 11.7 Å². The lowest BCUT2D eigenvalue weighted by molar-refractivity contribution is -0.183. The standard InChI is InChI=1S/C8H17NO3/c1-4-8(12,7(10)11)9(5-2)6-3/h12H,4-6H2,1-3H3,(H,10,11). The molecule has 0 radical (unpaired) electrons. The van der Waals surface area contributed by atoms with Crippen LogP contribution in [0.2, 0.25) is 0 Å². The molecule has 0 aliphatic rings. The molecule has 72 valence electrons. The fourth-order valence-electron chi connectivity index (χ4n) is 1.26. The van der Waals surface area contributed by atoms with E-state index in [9.17, 15) is 9.90 Å². The third-order valence-corrected chi connectivity index (χ3v) is 2.12. The Morgan fingerprint density at radius 1 is 1.33 bits per heavy atom.